The summed E-state index contributed by atoms with van der Waals surface area (Å²) in [5.74, 6) is 0.545. The maximum Gasteiger partial charge on any atom is 0.401 e. The Bertz CT molecular complexity index is 303. The molecule has 1 heterocycles. The summed E-state index contributed by atoms with van der Waals surface area (Å²) < 4.78 is 40.8. The van der Waals surface area contributed by atoms with E-state index in [4.69, 9.17) is 4.74 Å². The summed E-state index contributed by atoms with van der Waals surface area (Å²) >= 11 is 0. The van der Waals surface area contributed by atoms with E-state index in [-0.39, 0.29) is 12.6 Å². The predicted molar refractivity (Wildman–Crippen MR) is 53.3 cm³/mol. The lowest BCUT2D eigenvalue weighted by molar-refractivity contribution is -0.125. The molecule has 1 N–H and O–H groups in total. The lowest BCUT2D eigenvalue weighted by atomic mass is 10.4. The third-order valence-electron chi connectivity index (χ3n) is 1.73. The molecule has 1 rings (SSSR count). The summed E-state index contributed by atoms with van der Waals surface area (Å²) in [6, 6.07) is 3.40. The van der Waals surface area contributed by atoms with Gasteiger partial charge in [0.2, 0.25) is 0 Å². The van der Waals surface area contributed by atoms with Gasteiger partial charge < -0.3 is 10.1 Å². The standard InChI is InChI=1S/C10H13F3N2O/c1-8(5-15-7-10(11,12)13)16-9-3-2-4-14-6-9/h2-4,6,8,15H,5,7H2,1H3. The molecule has 0 radical (unpaired) electrons. The molecule has 0 aliphatic rings. The molecule has 1 aromatic rings. The van der Waals surface area contributed by atoms with Crippen LogP contribution in [0.5, 0.6) is 5.75 Å². The second-order valence-electron chi connectivity index (χ2n) is 3.36. The average Bonchev–Trinajstić information content (AvgIpc) is 2.17. The number of nitrogens with one attached hydrogen (secondary N) is 1. The highest BCUT2D eigenvalue weighted by Gasteiger charge is 2.26. The summed E-state index contributed by atoms with van der Waals surface area (Å²) in [5.41, 5.74) is 0. The van der Waals surface area contributed by atoms with Gasteiger partial charge in [-0.1, -0.05) is 0 Å². The van der Waals surface area contributed by atoms with E-state index in [1.165, 1.54) is 6.20 Å². The molecule has 1 atom stereocenters. The molecule has 0 saturated heterocycles. The number of pyridine rings is 1. The second kappa shape index (κ2) is 5.69. The van der Waals surface area contributed by atoms with Gasteiger partial charge >= 0.3 is 6.18 Å². The highest BCUT2D eigenvalue weighted by Crippen LogP contribution is 2.12. The molecule has 0 aromatic carbocycles. The lowest BCUT2D eigenvalue weighted by Crippen LogP contribution is -2.35. The summed E-state index contributed by atoms with van der Waals surface area (Å²) in [7, 11) is 0. The molecule has 0 spiro atoms. The minimum Gasteiger partial charge on any atom is -0.488 e. The van der Waals surface area contributed by atoms with Gasteiger partial charge in [-0.15, -0.1) is 0 Å². The first-order chi connectivity index (χ1) is 7.47. The first-order valence-corrected chi connectivity index (χ1v) is 4.81. The van der Waals surface area contributed by atoms with Crippen LogP contribution in [0.1, 0.15) is 6.92 Å². The maximum atomic E-state index is 11.8. The Morgan fingerprint density at radius 3 is 2.81 bits per heavy atom. The zero-order chi connectivity index (χ0) is 12.0. The Balaban J connectivity index is 2.24. The van der Waals surface area contributed by atoms with Gasteiger partial charge in [0, 0.05) is 12.7 Å². The van der Waals surface area contributed by atoms with Crippen molar-refractivity contribution in [1.29, 1.82) is 0 Å². The van der Waals surface area contributed by atoms with Gasteiger partial charge in [0.25, 0.3) is 0 Å². The van der Waals surface area contributed by atoms with E-state index in [2.05, 4.69) is 10.3 Å². The lowest BCUT2D eigenvalue weighted by Gasteiger charge is -2.15. The van der Waals surface area contributed by atoms with Crippen LogP contribution < -0.4 is 10.1 Å². The van der Waals surface area contributed by atoms with Crippen LogP contribution in [-0.4, -0.2) is 30.4 Å². The van der Waals surface area contributed by atoms with E-state index in [1.807, 2.05) is 0 Å². The fourth-order valence-corrected chi connectivity index (χ4v) is 1.11. The summed E-state index contributed by atoms with van der Waals surface area (Å²) in [4.78, 5) is 3.83. The number of alkyl halides is 3. The number of halogens is 3. The van der Waals surface area contributed by atoms with Gasteiger partial charge in [-0.3, -0.25) is 4.98 Å². The van der Waals surface area contributed by atoms with E-state index in [9.17, 15) is 13.2 Å². The molecule has 90 valence electrons. The molecule has 0 saturated carbocycles. The average molecular weight is 234 g/mol. The van der Waals surface area contributed by atoms with Gasteiger partial charge in [0.1, 0.15) is 11.9 Å². The van der Waals surface area contributed by atoms with Crippen LogP contribution in [0.2, 0.25) is 0 Å². The minimum absolute atomic E-state index is 0.133. The molecule has 0 aliphatic heterocycles. The molecule has 1 unspecified atom stereocenters. The van der Waals surface area contributed by atoms with Gasteiger partial charge in [-0.05, 0) is 19.1 Å². The zero-order valence-electron chi connectivity index (χ0n) is 8.79. The molecule has 0 bridgehead atoms. The Kier molecular flexibility index (Phi) is 4.54. The molecular formula is C10H13F3N2O. The fraction of sp³-hybridized carbons (Fsp3) is 0.500. The van der Waals surface area contributed by atoms with Crippen LogP contribution in [-0.2, 0) is 0 Å². The number of aromatic nitrogens is 1. The van der Waals surface area contributed by atoms with Crippen LogP contribution in [0.4, 0.5) is 13.2 Å². The van der Waals surface area contributed by atoms with E-state index in [1.54, 1.807) is 25.3 Å². The van der Waals surface area contributed by atoms with Gasteiger partial charge in [-0.25, -0.2) is 0 Å². The van der Waals surface area contributed by atoms with Gasteiger partial charge in [0.05, 0.1) is 12.7 Å². The van der Waals surface area contributed by atoms with Crippen LogP contribution >= 0.6 is 0 Å². The summed E-state index contributed by atoms with van der Waals surface area (Å²) in [6.07, 6.45) is -1.42. The third kappa shape index (κ3) is 5.55. The van der Waals surface area contributed by atoms with Crippen molar-refractivity contribution in [3.05, 3.63) is 24.5 Å². The molecular weight excluding hydrogens is 221 g/mol. The van der Waals surface area contributed by atoms with Crippen molar-refractivity contribution in [3.63, 3.8) is 0 Å². The highest BCUT2D eigenvalue weighted by molar-refractivity contribution is 5.15. The van der Waals surface area contributed by atoms with E-state index >= 15 is 0 Å². The maximum absolute atomic E-state index is 11.8. The van der Waals surface area contributed by atoms with Crippen molar-refractivity contribution < 1.29 is 17.9 Å². The topological polar surface area (TPSA) is 34.1 Å². The van der Waals surface area contributed by atoms with E-state index in [0.29, 0.717) is 5.75 Å². The van der Waals surface area contributed by atoms with Crippen molar-refractivity contribution in [2.24, 2.45) is 0 Å². The highest BCUT2D eigenvalue weighted by atomic mass is 19.4. The fourth-order valence-electron chi connectivity index (χ4n) is 1.11. The third-order valence-corrected chi connectivity index (χ3v) is 1.73. The molecule has 0 aliphatic carbocycles. The van der Waals surface area contributed by atoms with Crippen LogP contribution in [0, 0.1) is 0 Å². The first-order valence-electron chi connectivity index (χ1n) is 4.81. The molecule has 16 heavy (non-hydrogen) atoms. The van der Waals surface area contributed by atoms with Crippen molar-refractivity contribution >= 4 is 0 Å². The van der Waals surface area contributed by atoms with Crippen molar-refractivity contribution in [2.45, 2.75) is 19.2 Å². The van der Waals surface area contributed by atoms with Crippen LogP contribution in [0.15, 0.2) is 24.5 Å². The smallest absolute Gasteiger partial charge is 0.401 e. The van der Waals surface area contributed by atoms with Gasteiger partial charge in [0.15, 0.2) is 0 Å². The van der Waals surface area contributed by atoms with Crippen molar-refractivity contribution in [3.8, 4) is 5.75 Å². The molecule has 0 fully saturated rings. The van der Waals surface area contributed by atoms with E-state index < -0.39 is 12.7 Å². The largest absolute Gasteiger partial charge is 0.488 e. The summed E-state index contributed by atoms with van der Waals surface area (Å²) in [6.45, 7) is 0.818. The molecule has 6 heteroatoms. The van der Waals surface area contributed by atoms with Crippen molar-refractivity contribution in [1.82, 2.24) is 10.3 Å². The number of rotatable bonds is 5. The van der Waals surface area contributed by atoms with Crippen LogP contribution in [0.3, 0.4) is 0 Å². The predicted octanol–water partition coefficient (Wildman–Crippen LogP) is 2.00. The van der Waals surface area contributed by atoms with Crippen molar-refractivity contribution in [2.75, 3.05) is 13.1 Å². The quantitative estimate of drug-likeness (QED) is 0.846. The Morgan fingerprint density at radius 1 is 1.50 bits per heavy atom. The number of nitrogens with zero attached hydrogens (tertiary/aromatic N) is 1. The molecule has 0 amide bonds. The molecule has 1 aromatic heterocycles. The first kappa shape index (κ1) is 12.8. The Labute approximate surface area is 91.6 Å². The monoisotopic (exact) mass is 234 g/mol. The zero-order valence-corrected chi connectivity index (χ0v) is 8.79. The van der Waals surface area contributed by atoms with E-state index in [0.717, 1.165) is 0 Å². The molecule has 3 nitrogen and oxygen atoms in total. The SMILES string of the molecule is CC(CNCC(F)(F)F)Oc1cccnc1. The summed E-state index contributed by atoms with van der Waals surface area (Å²) in [5, 5.41) is 2.27. The normalized spacial score (nSPS) is 13.5. The number of hydrogen-bond acceptors (Lipinski definition) is 3. The van der Waals surface area contributed by atoms with Gasteiger partial charge in [-0.2, -0.15) is 13.2 Å². The Hall–Kier alpha value is -1.30. The Morgan fingerprint density at radius 2 is 2.25 bits per heavy atom. The number of ether oxygens (including phenoxy) is 1. The second-order valence-corrected chi connectivity index (χ2v) is 3.36. The van der Waals surface area contributed by atoms with Crippen LogP contribution in [0.25, 0.3) is 0 Å². The minimum atomic E-state index is -4.19. The number of hydrogen-bond donors (Lipinski definition) is 1.